The van der Waals surface area contributed by atoms with Crippen LogP contribution in [0, 0.1) is 0 Å². The van der Waals surface area contributed by atoms with Crippen LogP contribution < -0.4 is 15.4 Å². The van der Waals surface area contributed by atoms with Crippen LogP contribution in [0.15, 0.2) is 24.3 Å². The van der Waals surface area contributed by atoms with E-state index in [1.807, 2.05) is 19.1 Å². The Kier molecular flexibility index (Phi) is 5.64. The Morgan fingerprint density at radius 1 is 1.29 bits per heavy atom. The van der Waals surface area contributed by atoms with Crippen LogP contribution in [0.4, 0.5) is 0 Å². The van der Waals surface area contributed by atoms with E-state index in [2.05, 4.69) is 33.0 Å². The van der Waals surface area contributed by atoms with Crippen LogP contribution in [0.1, 0.15) is 47.1 Å². The van der Waals surface area contributed by atoms with Crippen molar-refractivity contribution in [3.05, 3.63) is 46.8 Å². The lowest BCUT2D eigenvalue weighted by molar-refractivity contribution is 0.0486. The van der Waals surface area contributed by atoms with Crippen molar-refractivity contribution in [3.63, 3.8) is 0 Å². The van der Waals surface area contributed by atoms with Gasteiger partial charge in [-0.2, -0.15) is 5.10 Å². The van der Waals surface area contributed by atoms with Crippen molar-refractivity contribution in [1.82, 2.24) is 20.8 Å². The van der Waals surface area contributed by atoms with Crippen molar-refractivity contribution in [1.29, 1.82) is 0 Å². The Morgan fingerprint density at radius 3 is 2.82 bits per heavy atom. The summed E-state index contributed by atoms with van der Waals surface area (Å²) in [6.07, 6.45) is 2.63. The zero-order chi connectivity index (χ0) is 19.4. The molecule has 2 aromatic rings. The Hall–Kier alpha value is -2.38. The highest BCUT2D eigenvalue weighted by Gasteiger charge is 2.35. The molecule has 7 heteroatoms. The maximum atomic E-state index is 12.9. The van der Waals surface area contributed by atoms with Crippen LogP contribution in [0.25, 0.3) is 0 Å². The third-order valence-electron chi connectivity index (χ3n) is 5.84. The van der Waals surface area contributed by atoms with Gasteiger partial charge < -0.3 is 20.1 Å². The minimum Gasteiger partial charge on any atom is -0.494 e. The van der Waals surface area contributed by atoms with Gasteiger partial charge in [0, 0.05) is 55.9 Å². The second kappa shape index (κ2) is 8.32. The number of aromatic nitrogens is 2. The van der Waals surface area contributed by atoms with E-state index in [1.165, 1.54) is 5.56 Å². The van der Waals surface area contributed by atoms with Gasteiger partial charge in [-0.1, -0.05) is 12.1 Å². The molecular weight excluding hydrogens is 356 g/mol. The van der Waals surface area contributed by atoms with E-state index in [4.69, 9.17) is 9.47 Å². The number of nitrogens with zero attached hydrogens (tertiary/aromatic N) is 1. The summed E-state index contributed by atoms with van der Waals surface area (Å²) in [5.74, 6) is 0.756. The number of carbonyl (C=O) groups is 1. The van der Waals surface area contributed by atoms with Crippen molar-refractivity contribution < 1.29 is 14.3 Å². The van der Waals surface area contributed by atoms with Gasteiger partial charge in [-0.3, -0.25) is 9.89 Å². The van der Waals surface area contributed by atoms with Gasteiger partial charge in [0.2, 0.25) is 0 Å². The average Bonchev–Trinajstić information content (AvgIpc) is 3.18. The number of hydrogen-bond donors (Lipinski definition) is 3. The molecule has 2 aliphatic heterocycles. The van der Waals surface area contributed by atoms with E-state index in [1.54, 1.807) is 0 Å². The first kappa shape index (κ1) is 19.0. The molecule has 1 saturated heterocycles. The van der Waals surface area contributed by atoms with Crippen molar-refractivity contribution >= 4 is 5.91 Å². The van der Waals surface area contributed by atoms with Crippen LogP contribution in [0.2, 0.25) is 0 Å². The monoisotopic (exact) mass is 384 g/mol. The van der Waals surface area contributed by atoms with E-state index >= 15 is 0 Å². The van der Waals surface area contributed by atoms with Gasteiger partial charge in [0.05, 0.1) is 6.61 Å². The van der Waals surface area contributed by atoms with Gasteiger partial charge >= 0.3 is 0 Å². The molecule has 4 rings (SSSR count). The average molecular weight is 384 g/mol. The van der Waals surface area contributed by atoms with Gasteiger partial charge in [-0.25, -0.2) is 0 Å². The summed E-state index contributed by atoms with van der Waals surface area (Å²) in [7, 11) is 0. The van der Waals surface area contributed by atoms with Gasteiger partial charge in [0.1, 0.15) is 5.75 Å². The Balaban J connectivity index is 1.50. The molecule has 0 spiro atoms. The fraction of sp³-hybridized carbons (Fsp3) is 0.524. The predicted octanol–water partition coefficient (Wildman–Crippen LogP) is 1.93. The van der Waals surface area contributed by atoms with Crippen LogP contribution in [-0.2, 0) is 23.1 Å². The third kappa shape index (κ3) is 3.77. The smallest absolute Gasteiger partial charge is 0.272 e. The number of amides is 1. The standard InChI is InChI=1S/C21H28N4O3/c1-2-28-16-5-3-15(4-6-16)21(8-11-27-12-9-21)14-23-20(26)19-17-13-22-10-7-18(17)24-25-19/h3-6,22H,2,7-14H2,1H3,(H,23,26)(H,24,25). The zero-order valence-corrected chi connectivity index (χ0v) is 16.3. The fourth-order valence-corrected chi connectivity index (χ4v) is 4.15. The first-order valence-electron chi connectivity index (χ1n) is 10.1. The SMILES string of the molecule is CCOc1ccc(C2(CNC(=O)c3n[nH]c4c3CNCC4)CCOCC2)cc1. The number of aromatic amines is 1. The highest BCUT2D eigenvalue weighted by molar-refractivity contribution is 5.94. The van der Waals surface area contributed by atoms with E-state index in [0.29, 0.717) is 38.6 Å². The van der Waals surface area contributed by atoms with Gasteiger partial charge in [-0.15, -0.1) is 0 Å². The van der Waals surface area contributed by atoms with E-state index in [0.717, 1.165) is 42.8 Å². The summed E-state index contributed by atoms with van der Waals surface area (Å²) in [5.41, 5.74) is 3.65. The summed E-state index contributed by atoms with van der Waals surface area (Å²) >= 11 is 0. The highest BCUT2D eigenvalue weighted by atomic mass is 16.5. The largest absolute Gasteiger partial charge is 0.494 e. The summed E-state index contributed by atoms with van der Waals surface area (Å²) in [6, 6.07) is 8.24. The zero-order valence-electron chi connectivity index (χ0n) is 16.3. The summed E-state index contributed by atoms with van der Waals surface area (Å²) in [5, 5.41) is 13.7. The first-order chi connectivity index (χ1) is 13.7. The molecule has 0 bridgehead atoms. The maximum absolute atomic E-state index is 12.9. The number of fused-ring (bicyclic) bond motifs is 1. The molecule has 0 unspecified atom stereocenters. The van der Waals surface area contributed by atoms with Gasteiger partial charge in [-0.05, 0) is 37.5 Å². The maximum Gasteiger partial charge on any atom is 0.272 e. The predicted molar refractivity (Wildman–Crippen MR) is 106 cm³/mol. The molecule has 1 fully saturated rings. The number of carbonyl (C=O) groups excluding carboxylic acids is 1. The first-order valence-corrected chi connectivity index (χ1v) is 10.1. The molecular formula is C21H28N4O3. The van der Waals surface area contributed by atoms with Crippen LogP contribution in [-0.4, -0.2) is 49.0 Å². The molecule has 0 radical (unpaired) electrons. The van der Waals surface area contributed by atoms with Crippen LogP contribution in [0.5, 0.6) is 5.75 Å². The molecule has 7 nitrogen and oxygen atoms in total. The number of rotatable bonds is 6. The van der Waals surface area contributed by atoms with Crippen LogP contribution >= 0.6 is 0 Å². The molecule has 1 aromatic carbocycles. The molecule has 1 amide bonds. The number of hydrogen-bond acceptors (Lipinski definition) is 5. The second-order valence-electron chi connectivity index (χ2n) is 7.49. The van der Waals surface area contributed by atoms with E-state index in [9.17, 15) is 4.79 Å². The van der Waals surface area contributed by atoms with E-state index < -0.39 is 0 Å². The van der Waals surface area contributed by atoms with Gasteiger partial charge in [0.15, 0.2) is 5.69 Å². The van der Waals surface area contributed by atoms with Gasteiger partial charge in [0.25, 0.3) is 5.91 Å². The molecule has 0 aliphatic carbocycles. The minimum atomic E-state index is -0.132. The molecule has 2 aliphatic rings. The van der Waals surface area contributed by atoms with Crippen LogP contribution in [0.3, 0.4) is 0 Å². The Bertz CT molecular complexity index is 810. The second-order valence-corrected chi connectivity index (χ2v) is 7.49. The third-order valence-corrected chi connectivity index (χ3v) is 5.84. The van der Waals surface area contributed by atoms with Crippen molar-refractivity contribution in [3.8, 4) is 5.75 Å². The fourth-order valence-electron chi connectivity index (χ4n) is 4.15. The molecule has 3 N–H and O–H groups in total. The summed E-state index contributed by atoms with van der Waals surface area (Å²) in [6.45, 7) is 6.20. The quantitative estimate of drug-likeness (QED) is 0.708. The van der Waals surface area contributed by atoms with E-state index in [-0.39, 0.29) is 11.3 Å². The van der Waals surface area contributed by atoms with Crippen molar-refractivity contribution in [2.45, 2.75) is 38.1 Å². The Morgan fingerprint density at radius 2 is 2.07 bits per heavy atom. The molecule has 3 heterocycles. The lowest BCUT2D eigenvalue weighted by Gasteiger charge is -2.38. The number of ether oxygens (including phenoxy) is 2. The molecule has 0 saturated carbocycles. The summed E-state index contributed by atoms with van der Waals surface area (Å²) < 4.78 is 11.2. The Labute approximate surface area is 165 Å². The molecule has 28 heavy (non-hydrogen) atoms. The number of benzene rings is 1. The lowest BCUT2D eigenvalue weighted by atomic mass is 9.74. The molecule has 0 atom stereocenters. The normalized spacial score (nSPS) is 18.3. The minimum absolute atomic E-state index is 0.113. The number of nitrogens with one attached hydrogen (secondary N) is 3. The van der Waals surface area contributed by atoms with Crippen molar-refractivity contribution in [2.75, 3.05) is 32.9 Å². The summed E-state index contributed by atoms with van der Waals surface area (Å²) in [4.78, 5) is 12.9. The molecule has 1 aromatic heterocycles. The van der Waals surface area contributed by atoms with Crippen molar-refractivity contribution in [2.24, 2.45) is 0 Å². The topological polar surface area (TPSA) is 88.3 Å². The lowest BCUT2D eigenvalue weighted by Crippen LogP contribution is -2.45. The number of H-pyrrole nitrogens is 1. The molecule has 150 valence electrons. The highest BCUT2D eigenvalue weighted by Crippen LogP contribution is 2.35.